The number of aromatic nitrogens is 3. The average molecular weight is 443 g/mol. The zero-order valence-electron chi connectivity index (χ0n) is 18.7. The van der Waals surface area contributed by atoms with Crippen LogP contribution in [0.1, 0.15) is 40.2 Å². The largest absolute Gasteiger partial charge is 0.474 e. The molecule has 3 aromatic rings. The van der Waals surface area contributed by atoms with Crippen LogP contribution in [0.2, 0.25) is 5.28 Å². The van der Waals surface area contributed by atoms with E-state index >= 15 is 0 Å². The minimum absolute atomic E-state index is 0.194. The van der Waals surface area contributed by atoms with E-state index in [9.17, 15) is 4.79 Å². The second kappa shape index (κ2) is 9.06. The number of carbonyl (C=O) groups excluding carboxylic acids is 1. The van der Waals surface area contributed by atoms with Gasteiger partial charge in [-0.05, 0) is 56.5 Å². The summed E-state index contributed by atoms with van der Waals surface area (Å²) in [5.41, 5.74) is 3.43. The van der Waals surface area contributed by atoms with E-state index in [0.717, 1.165) is 27.6 Å². The number of amides is 1. The number of hydrogen-bond donors (Lipinski definition) is 0. The van der Waals surface area contributed by atoms with E-state index in [2.05, 4.69) is 15.0 Å². The Hall–Kier alpha value is -2.93. The van der Waals surface area contributed by atoms with Crippen LogP contribution in [0.15, 0.2) is 30.6 Å². The molecule has 0 radical (unpaired) electrons. The van der Waals surface area contributed by atoms with Gasteiger partial charge in [-0.3, -0.25) is 4.90 Å². The minimum atomic E-state index is -0.591. The molecular formula is C23H27ClN4O3. The van der Waals surface area contributed by atoms with Gasteiger partial charge >= 0.3 is 6.09 Å². The molecule has 8 heteroatoms. The lowest BCUT2D eigenvalue weighted by molar-refractivity contribution is 0.0566. The Balaban J connectivity index is 0.00000132. The highest BCUT2D eigenvalue weighted by atomic mass is 35.5. The van der Waals surface area contributed by atoms with Crippen LogP contribution in [0.5, 0.6) is 5.88 Å². The summed E-state index contributed by atoms with van der Waals surface area (Å²) >= 11 is 5.94. The number of ether oxygens (including phenoxy) is 2. The van der Waals surface area contributed by atoms with E-state index in [1.165, 1.54) is 0 Å². The first-order valence-corrected chi connectivity index (χ1v) is 10.7. The molecule has 164 valence electrons. The topological polar surface area (TPSA) is 77.4 Å². The normalized spacial score (nSPS) is 13.1. The van der Waals surface area contributed by atoms with Gasteiger partial charge in [-0.15, -0.1) is 0 Å². The summed E-state index contributed by atoms with van der Waals surface area (Å²) < 4.78 is 11.3. The average Bonchev–Trinajstić information content (AvgIpc) is 2.73. The third-order valence-electron chi connectivity index (χ3n) is 4.57. The van der Waals surface area contributed by atoms with Gasteiger partial charge in [0.05, 0.1) is 12.1 Å². The van der Waals surface area contributed by atoms with Gasteiger partial charge in [0.1, 0.15) is 17.9 Å². The van der Waals surface area contributed by atoms with Crippen molar-refractivity contribution in [1.29, 1.82) is 0 Å². The molecule has 0 bridgehead atoms. The van der Waals surface area contributed by atoms with Crippen molar-refractivity contribution in [1.82, 2.24) is 15.0 Å². The highest BCUT2D eigenvalue weighted by Gasteiger charge is 2.31. The summed E-state index contributed by atoms with van der Waals surface area (Å²) in [6, 6.07) is 5.83. The Morgan fingerprint density at radius 1 is 1.19 bits per heavy atom. The zero-order chi connectivity index (χ0) is 22.8. The van der Waals surface area contributed by atoms with E-state index in [1.807, 2.05) is 59.7 Å². The molecule has 4 rings (SSSR count). The van der Waals surface area contributed by atoms with Crippen LogP contribution in [-0.2, 0) is 4.74 Å². The van der Waals surface area contributed by atoms with Crippen molar-refractivity contribution in [2.24, 2.45) is 0 Å². The maximum absolute atomic E-state index is 12.8. The van der Waals surface area contributed by atoms with Gasteiger partial charge < -0.3 is 9.47 Å². The van der Waals surface area contributed by atoms with Crippen LogP contribution in [0, 0.1) is 6.92 Å². The standard InChI is InChI=1S/C21H21ClN4O3.C2H6/c1-12-15(13-5-6-14-10-24-19(22)25-16(14)9-13)11-23-18-17(12)26(7-8-28-18)20(27)29-21(2,3)4;1-2/h5-6,9-11H,7-8H2,1-4H3;1-2H3. The maximum Gasteiger partial charge on any atom is 0.415 e. The first-order chi connectivity index (χ1) is 14.7. The second-order valence-electron chi connectivity index (χ2n) is 7.84. The molecule has 0 saturated heterocycles. The molecule has 0 unspecified atom stereocenters. The molecule has 31 heavy (non-hydrogen) atoms. The van der Waals surface area contributed by atoms with Crippen molar-refractivity contribution in [3.63, 3.8) is 0 Å². The molecule has 1 amide bonds. The molecule has 1 aliphatic rings. The van der Waals surface area contributed by atoms with Gasteiger partial charge in [0, 0.05) is 23.3 Å². The SMILES string of the molecule is CC.Cc1c(-c2ccc3cnc(Cl)nc3c2)cnc2c1N(C(=O)OC(C)(C)C)CCO2. The third kappa shape index (κ3) is 4.88. The van der Waals surface area contributed by atoms with Crippen LogP contribution in [0.4, 0.5) is 10.5 Å². The van der Waals surface area contributed by atoms with Crippen molar-refractivity contribution >= 4 is 34.3 Å². The highest BCUT2D eigenvalue weighted by Crippen LogP contribution is 2.39. The molecular weight excluding hydrogens is 416 g/mol. The minimum Gasteiger partial charge on any atom is -0.474 e. The van der Waals surface area contributed by atoms with E-state index < -0.39 is 11.7 Å². The Morgan fingerprint density at radius 2 is 1.94 bits per heavy atom. The van der Waals surface area contributed by atoms with Gasteiger partial charge in [-0.25, -0.2) is 19.7 Å². The fourth-order valence-electron chi connectivity index (χ4n) is 3.30. The quantitative estimate of drug-likeness (QED) is 0.442. The van der Waals surface area contributed by atoms with Crippen molar-refractivity contribution in [3.05, 3.63) is 41.4 Å². The number of carbonyl (C=O) groups is 1. The number of nitrogens with zero attached hydrogens (tertiary/aromatic N) is 4. The molecule has 7 nitrogen and oxygen atoms in total. The van der Waals surface area contributed by atoms with Crippen LogP contribution >= 0.6 is 11.6 Å². The van der Waals surface area contributed by atoms with Crippen molar-refractivity contribution in [2.75, 3.05) is 18.1 Å². The molecule has 0 N–H and O–H groups in total. The summed E-state index contributed by atoms with van der Waals surface area (Å²) in [5, 5.41) is 1.08. The van der Waals surface area contributed by atoms with Gasteiger partial charge in [0.2, 0.25) is 11.2 Å². The molecule has 3 heterocycles. The van der Waals surface area contributed by atoms with E-state index in [-0.39, 0.29) is 5.28 Å². The molecule has 0 atom stereocenters. The lowest BCUT2D eigenvalue weighted by Crippen LogP contribution is -2.42. The van der Waals surface area contributed by atoms with E-state index in [1.54, 1.807) is 17.3 Å². The van der Waals surface area contributed by atoms with Crippen LogP contribution in [0.25, 0.3) is 22.0 Å². The van der Waals surface area contributed by atoms with Crippen LogP contribution in [0.3, 0.4) is 0 Å². The van der Waals surface area contributed by atoms with E-state index in [4.69, 9.17) is 21.1 Å². The summed E-state index contributed by atoms with van der Waals surface area (Å²) in [6.45, 7) is 12.2. The monoisotopic (exact) mass is 442 g/mol. The molecule has 1 aromatic carbocycles. The Kier molecular flexibility index (Phi) is 6.65. The predicted molar refractivity (Wildman–Crippen MR) is 123 cm³/mol. The number of hydrogen-bond acceptors (Lipinski definition) is 6. The van der Waals surface area contributed by atoms with Crippen molar-refractivity contribution in [3.8, 4) is 17.0 Å². The fraction of sp³-hybridized carbons (Fsp3) is 0.391. The summed E-state index contributed by atoms with van der Waals surface area (Å²) in [5.74, 6) is 0.425. The zero-order valence-corrected chi connectivity index (χ0v) is 19.4. The van der Waals surface area contributed by atoms with Crippen LogP contribution in [-0.4, -0.2) is 39.8 Å². The maximum atomic E-state index is 12.8. The second-order valence-corrected chi connectivity index (χ2v) is 8.18. The van der Waals surface area contributed by atoms with Gasteiger partial charge in [-0.2, -0.15) is 0 Å². The molecule has 0 aliphatic carbocycles. The third-order valence-corrected chi connectivity index (χ3v) is 4.76. The van der Waals surface area contributed by atoms with Gasteiger partial charge in [-0.1, -0.05) is 26.0 Å². The summed E-state index contributed by atoms with van der Waals surface area (Å²) in [6.07, 6.45) is 3.02. The Bertz CT molecular complexity index is 1110. The molecule has 0 fully saturated rings. The molecule has 1 aliphatic heterocycles. The van der Waals surface area contributed by atoms with Crippen molar-refractivity contribution < 1.29 is 14.3 Å². The van der Waals surface area contributed by atoms with Crippen LogP contribution < -0.4 is 9.64 Å². The Morgan fingerprint density at radius 3 is 2.65 bits per heavy atom. The summed E-state index contributed by atoms with van der Waals surface area (Å²) in [4.78, 5) is 27.1. The number of halogens is 1. The lowest BCUT2D eigenvalue weighted by atomic mass is 9.99. The number of rotatable bonds is 1. The van der Waals surface area contributed by atoms with Crippen molar-refractivity contribution in [2.45, 2.75) is 47.1 Å². The number of fused-ring (bicyclic) bond motifs is 2. The lowest BCUT2D eigenvalue weighted by Gasteiger charge is -2.32. The first kappa shape index (κ1) is 22.7. The summed E-state index contributed by atoms with van der Waals surface area (Å²) in [7, 11) is 0. The number of anilines is 1. The molecule has 2 aromatic heterocycles. The molecule has 0 spiro atoms. The van der Waals surface area contributed by atoms with Gasteiger partial charge in [0.15, 0.2) is 0 Å². The highest BCUT2D eigenvalue weighted by molar-refractivity contribution is 6.28. The smallest absolute Gasteiger partial charge is 0.415 e. The first-order valence-electron chi connectivity index (χ1n) is 10.3. The van der Waals surface area contributed by atoms with E-state index in [0.29, 0.717) is 24.7 Å². The number of benzene rings is 1. The number of pyridine rings is 1. The molecule has 0 saturated carbocycles. The Labute approximate surface area is 187 Å². The fourth-order valence-corrected chi connectivity index (χ4v) is 3.44. The van der Waals surface area contributed by atoms with Gasteiger partial charge in [0.25, 0.3) is 0 Å². The predicted octanol–water partition coefficient (Wildman–Crippen LogP) is 5.81.